The number of imidazole rings is 1. The zero-order valence-electron chi connectivity index (χ0n) is 11.8. The second-order valence-electron chi connectivity index (χ2n) is 5.75. The van der Waals surface area contributed by atoms with Crippen LogP contribution in [0, 0.1) is 0 Å². The van der Waals surface area contributed by atoms with E-state index in [1.165, 1.54) is 0 Å². The van der Waals surface area contributed by atoms with E-state index in [0.717, 1.165) is 51.9 Å². The Balaban J connectivity index is 1.54. The van der Waals surface area contributed by atoms with Gasteiger partial charge in [-0.3, -0.25) is 14.3 Å². The van der Waals surface area contributed by atoms with Crippen LogP contribution in [0.3, 0.4) is 0 Å². The molecule has 1 atom stereocenters. The van der Waals surface area contributed by atoms with Gasteiger partial charge in [-0.1, -0.05) is 0 Å². The van der Waals surface area contributed by atoms with Crippen LogP contribution < -0.4 is 5.69 Å². The minimum absolute atomic E-state index is 0.0479. The summed E-state index contributed by atoms with van der Waals surface area (Å²) in [5.74, 6) is 0.318. The third kappa shape index (κ3) is 2.80. The maximum absolute atomic E-state index is 11.8. The molecule has 6 heteroatoms. The molecule has 2 aliphatic rings. The summed E-state index contributed by atoms with van der Waals surface area (Å²) in [5.41, 5.74) is -0.0479. The number of H-pyrrole nitrogens is 1. The van der Waals surface area contributed by atoms with Gasteiger partial charge in [-0.2, -0.15) is 0 Å². The summed E-state index contributed by atoms with van der Waals surface area (Å²) in [6.45, 7) is 4.52. The Bertz CT molecular complexity index is 521. The van der Waals surface area contributed by atoms with Crippen molar-refractivity contribution in [2.24, 2.45) is 0 Å². The van der Waals surface area contributed by atoms with Crippen LogP contribution in [0.5, 0.6) is 0 Å². The number of nitrogens with one attached hydrogen (secondary N) is 1. The summed E-state index contributed by atoms with van der Waals surface area (Å²) in [7, 11) is 0. The standard InChI is InChI=1S/C14H22N4O2/c19-13-4-2-7-18(13)12-3-1-6-16(11-12)9-10-17-8-5-15-14(17)20/h5,8,12H,1-4,6-7,9-11H2,(H,15,20)/t12-/m1/s1. The zero-order valence-corrected chi connectivity index (χ0v) is 11.8. The Labute approximate surface area is 118 Å². The van der Waals surface area contributed by atoms with Crippen LogP contribution in [0.4, 0.5) is 0 Å². The molecule has 6 nitrogen and oxygen atoms in total. The third-order valence-electron chi connectivity index (χ3n) is 4.41. The van der Waals surface area contributed by atoms with Gasteiger partial charge in [0.2, 0.25) is 5.91 Å². The molecule has 2 fully saturated rings. The van der Waals surface area contributed by atoms with Gasteiger partial charge in [0.1, 0.15) is 0 Å². The highest BCUT2D eigenvalue weighted by Gasteiger charge is 2.31. The average molecular weight is 278 g/mol. The summed E-state index contributed by atoms with van der Waals surface area (Å²) in [6.07, 6.45) is 7.43. The number of aromatic nitrogens is 2. The Morgan fingerprint density at radius 1 is 1.20 bits per heavy atom. The molecule has 0 aliphatic carbocycles. The van der Waals surface area contributed by atoms with Crippen molar-refractivity contribution in [3.63, 3.8) is 0 Å². The topological polar surface area (TPSA) is 61.3 Å². The molecular formula is C14H22N4O2. The number of amides is 1. The maximum Gasteiger partial charge on any atom is 0.325 e. The first-order valence-corrected chi connectivity index (χ1v) is 7.50. The SMILES string of the molecule is O=C1CCCN1[C@@H]1CCCN(CCn2cc[nH]c2=O)C1. The molecule has 1 aromatic rings. The van der Waals surface area contributed by atoms with Gasteiger partial charge in [-0.25, -0.2) is 4.79 Å². The van der Waals surface area contributed by atoms with Gasteiger partial charge >= 0.3 is 5.69 Å². The zero-order chi connectivity index (χ0) is 13.9. The van der Waals surface area contributed by atoms with E-state index in [9.17, 15) is 9.59 Å². The van der Waals surface area contributed by atoms with Crippen molar-refractivity contribution in [2.45, 2.75) is 38.3 Å². The number of carbonyl (C=O) groups excluding carboxylic acids is 1. The highest BCUT2D eigenvalue weighted by molar-refractivity contribution is 5.78. The van der Waals surface area contributed by atoms with Gasteiger partial charge in [0.25, 0.3) is 0 Å². The fraction of sp³-hybridized carbons (Fsp3) is 0.714. The Kier molecular flexibility index (Phi) is 3.91. The number of carbonyl (C=O) groups is 1. The molecule has 0 radical (unpaired) electrons. The first-order valence-electron chi connectivity index (χ1n) is 7.50. The van der Waals surface area contributed by atoms with Crippen LogP contribution in [0.2, 0.25) is 0 Å². The highest BCUT2D eigenvalue weighted by Crippen LogP contribution is 2.21. The lowest BCUT2D eigenvalue weighted by Crippen LogP contribution is -2.49. The Morgan fingerprint density at radius 3 is 2.80 bits per heavy atom. The second kappa shape index (κ2) is 5.83. The van der Waals surface area contributed by atoms with Crippen LogP contribution in [0.25, 0.3) is 0 Å². The van der Waals surface area contributed by atoms with Crippen LogP contribution in [-0.2, 0) is 11.3 Å². The molecule has 2 saturated heterocycles. The molecule has 0 spiro atoms. The van der Waals surface area contributed by atoms with Crippen LogP contribution in [-0.4, -0.2) is 57.5 Å². The van der Waals surface area contributed by atoms with Crippen molar-refractivity contribution in [1.82, 2.24) is 19.4 Å². The molecule has 0 bridgehead atoms. The first-order chi connectivity index (χ1) is 9.74. The number of likely N-dealkylation sites (tertiary alicyclic amines) is 2. The molecule has 0 unspecified atom stereocenters. The number of aromatic amines is 1. The molecular weight excluding hydrogens is 256 g/mol. The monoisotopic (exact) mass is 278 g/mol. The predicted octanol–water partition coefficient (Wildman–Crippen LogP) is 0.263. The lowest BCUT2D eigenvalue weighted by Gasteiger charge is -2.37. The molecule has 110 valence electrons. The molecule has 1 aromatic heterocycles. The third-order valence-corrected chi connectivity index (χ3v) is 4.41. The molecule has 20 heavy (non-hydrogen) atoms. The van der Waals surface area contributed by atoms with Crippen molar-refractivity contribution in [3.8, 4) is 0 Å². The van der Waals surface area contributed by atoms with Crippen molar-refractivity contribution in [1.29, 1.82) is 0 Å². The van der Waals surface area contributed by atoms with Crippen molar-refractivity contribution < 1.29 is 4.79 Å². The quantitative estimate of drug-likeness (QED) is 0.859. The van der Waals surface area contributed by atoms with E-state index < -0.39 is 0 Å². The van der Waals surface area contributed by atoms with Gasteiger partial charge < -0.3 is 9.88 Å². The van der Waals surface area contributed by atoms with Crippen LogP contribution in [0.15, 0.2) is 17.2 Å². The van der Waals surface area contributed by atoms with Crippen molar-refractivity contribution >= 4 is 5.91 Å². The van der Waals surface area contributed by atoms with E-state index in [-0.39, 0.29) is 5.69 Å². The van der Waals surface area contributed by atoms with E-state index in [1.807, 2.05) is 0 Å². The van der Waals surface area contributed by atoms with Gasteiger partial charge in [-0.05, 0) is 25.8 Å². The number of hydrogen-bond donors (Lipinski definition) is 1. The predicted molar refractivity (Wildman–Crippen MR) is 75.5 cm³/mol. The molecule has 1 amide bonds. The molecule has 0 saturated carbocycles. The number of rotatable bonds is 4. The van der Waals surface area contributed by atoms with Gasteiger partial charge in [-0.15, -0.1) is 0 Å². The molecule has 3 rings (SSSR count). The second-order valence-corrected chi connectivity index (χ2v) is 5.75. The Hall–Kier alpha value is -1.56. The van der Waals surface area contributed by atoms with Crippen LogP contribution >= 0.6 is 0 Å². The van der Waals surface area contributed by atoms with Crippen LogP contribution in [0.1, 0.15) is 25.7 Å². The summed E-state index contributed by atoms with van der Waals surface area (Å²) >= 11 is 0. The average Bonchev–Trinajstić information content (AvgIpc) is 3.05. The van der Waals surface area contributed by atoms with Gasteiger partial charge in [0.15, 0.2) is 0 Å². The largest absolute Gasteiger partial charge is 0.338 e. The van der Waals surface area contributed by atoms with Crippen molar-refractivity contribution in [2.75, 3.05) is 26.2 Å². The molecule has 0 aromatic carbocycles. The summed E-state index contributed by atoms with van der Waals surface area (Å²) in [6, 6.07) is 0.377. The summed E-state index contributed by atoms with van der Waals surface area (Å²) < 4.78 is 1.70. The lowest BCUT2D eigenvalue weighted by atomic mass is 10.0. The first kappa shape index (κ1) is 13.4. The molecule has 2 aliphatic heterocycles. The highest BCUT2D eigenvalue weighted by atomic mass is 16.2. The smallest absolute Gasteiger partial charge is 0.325 e. The Morgan fingerprint density at radius 2 is 2.10 bits per heavy atom. The number of hydrogen-bond acceptors (Lipinski definition) is 3. The minimum Gasteiger partial charge on any atom is -0.338 e. The van der Waals surface area contributed by atoms with E-state index in [1.54, 1.807) is 17.0 Å². The fourth-order valence-corrected chi connectivity index (χ4v) is 3.32. The summed E-state index contributed by atoms with van der Waals surface area (Å²) in [5, 5.41) is 0. The number of piperidine rings is 1. The van der Waals surface area contributed by atoms with E-state index >= 15 is 0 Å². The molecule has 1 N–H and O–H groups in total. The maximum atomic E-state index is 11.8. The van der Waals surface area contributed by atoms with Gasteiger partial charge in [0, 0.05) is 51.0 Å². The van der Waals surface area contributed by atoms with E-state index in [2.05, 4.69) is 14.8 Å². The van der Waals surface area contributed by atoms with Crippen molar-refractivity contribution in [3.05, 3.63) is 22.9 Å². The fourth-order valence-electron chi connectivity index (χ4n) is 3.32. The number of nitrogens with zero attached hydrogens (tertiary/aromatic N) is 3. The summed E-state index contributed by atoms with van der Waals surface area (Å²) in [4.78, 5) is 30.4. The minimum atomic E-state index is -0.0479. The molecule has 3 heterocycles. The van der Waals surface area contributed by atoms with E-state index in [4.69, 9.17) is 0 Å². The normalized spacial score (nSPS) is 24.5. The van der Waals surface area contributed by atoms with E-state index in [0.29, 0.717) is 18.5 Å². The van der Waals surface area contributed by atoms with Gasteiger partial charge in [0.05, 0.1) is 0 Å². The lowest BCUT2D eigenvalue weighted by molar-refractivity contribution is -0.130.